The van der Waals surface area contributed by atoms with Gasteiger partial charge in [0.2, 0.25) is 0 Å². The van der Waals surface area contributed by atoms with E-state index < -0.39 is 0 Å². The summed E-state index contributed by atoms with van der Waals surface area (Å²) in [6.45, 7) is 6.94. The van der Waals surface area contributed by atoms with Gasteiger partial charge in [0.1, 0.15) is 0 Å². The largest absolute Gasteiger partial charge is 0.297 e. The van der Waals surface area contributed by atoms with E-state index in [0.29, 0.717) is 0 Å². The maximum Gasteiger partial charge on any atom is 0.0277 e. The van der Waals surface area contributed by atoms with Gasteiger partial charge < -0.3 is 0 Å². The van der Waals surface area contributed by atoms with Crippen molar-refractivity contribution in [2.24, 2.45) is 5.92 Å². The number of rotatable bonds is 4. The lowest BCUT2D eigenvalue weighted by molar-refractivity contribution is 0.463. The van der Waals surface area contributed by atoms with Crippen LogP contribution in [0, 0.1) is 5.92 Å². The molecule has 1 nitrogen and oxygen atoms in total. The predicted molar refractivity (Wildman–Crippen MR) is 49.7 cm³/mol. The van der Waals surface area contributed by atoms with E-state index in [4.69, 9.17) is 0 Å². The molecule has 1 fully saturated rings. The average Bonchev–Trinajstić information content (AvgIpc) is 2.62. The van der Waals surface area contributed by atoms with Gasteiger partial charge in [-0.25, -0.2) is 0 Å². The van der Waals surface area contributed by atoms with Gasteiger partial charge >= 0.3 is 0 Å². The third-order valence-electron chi connectivity index (χ3n) is 3.11. The SMILES string of the molecule is CCCC1C(C(C)CC)N1C. The third-order valence-corrected chi connectivity index (χ3v) is 3.11. The molecule has 0 saturated carbocycles. The van der Waals surface area contributed by atoms with Gasteiger partial charge in [-0.2, -0.15) is 0 Å². The van der Waals surface area contributed by atoms with Gasteiger partial charge in [-0.15, -0.1) is 0 Å². The molecular formula is C10H21N. The monoisotopic (exact) mass is 155 g/mol. The smallest absolute Gasteiger partial charge is 0.0277 e. The first-order chi connectivity index (χ1) is 5.22. The highest BCUT2D eigenvalue weighted by atomic mass is 15.3. The highest BCUT2D eigenvalue weighted by Crippen LogP contribution is 2.36. The second kappa shape index (κ2) is 3.57. The lowest BCUT2D eigenvalue weighted by Gasteiger charge is -2.04. The van der Waals surface area contributed by atoms with Gasteiger partial charge in [-0.3, -0.25) is 4.90 Å². The first kappa shape index (κ1) is 9.05. The molecule has 4 atom stereocenters. The zero-order valence-electron chi connectivity index (χ0n) is 8.30. The normalized spacial score (nSPS) is 38.7. The molecule has 1 aliphatic heterocycles. The van der Waals surface area contributed by atoms with E-state index in [2.05, 4.69) is 32.7 Å². The number of likely N-dealkylation sites (N-methyl/N-ethyl adjacent to an activating group) is 1. The third kappa shape index (κ3) is 1.76. The van der Waals surface area contributed by atoms with Crippen molar-refractivity contribution in [3.63, 3.8) is 0 Å². The number of hydrogen-bond donors (Lipinski definition) is 0. The highest BCUT2D eigenvalue weighted by molar-refractivity contribution is 5.01. The topological polar surface area (TPSA) is 3.01 Å². The van der Waals surface area contributed by atoms with Crippen LogP contribution in [0.2, 0.25) is 0 Å². The molecule has 1 aliphatic rings. The summed E-state index contributed by atoms with van der Waals surface area (Å²) in [4.78, 5) is 2.53. The van der Waals surface area contributed by atoms with Gasteiger partial charge in [-0.05, 0) is 19.4 Å². The average molecular weight is 155 g/mol. The van der Waals surface area contributed by atoms with Crippen molar-refractivity contribution >= 4 is 0 Å². The van der Waals surface area contributed by atoms with E-state index in [9.17, 15) is 0 Å². The molecule has 0 aliphatic carbocycles. The summed E-state index contributed by atoms with van der Waals surface area (Å²) in [5.41, 5.74) is 0. The van der Waals surface area contributed by atoms with Crippen LogP contribution in [0.25, 0.3) is 0 Å². The first-order valence-corrected chi connectivity index (χ1v) is 4.94. The summed E-state index contributed by atoms with van der Waals surface area (Å²) >= 11 is 0. The summed E-state index contributed by atoms with van der Waals surface area (Å²) in [6.07, 6.45) is 4.06. The van der Waals surface area contributed by atoms with Gasteiger partial charge in [0.25, 0.3) is 0 Å². The van der Waals surface area contributed by atoms with Crippen LogP contribution in [-0.2, 0) is 0 Å². The molecule has 0 aromatic heterocycles. The molecule has 1 heterocycles. The van der Waals surface area contributed by atoms with Crippen molar-refractivity contribution in [3.05, 3.63) is 0 Å². The van der Waals surface area contributed by atoms with Crippen LogP contribution in [0.4, 0.5) is 0 Å². The molecular weight excluding hydrogens is 134 g/mol. The Morgan fingerprint density at radius 3 is 2.45 bits per heavy atom. The zero-order valence-corrected chi connectivity index (χ0v) is 8.30. The van der Waals surface area contributed by atoms with Crippen molar-refractivity contribution < 1.29 is 0 Å². The predicted octanol–water partition coefficient (Wildman–Crippen LogP) is 2.52. The van der Waals surface area contributed by atoms with E-state index in [0.717, 1.165) is 18.0 Å². The molecule has 0 bridgehead atoms. The maximum absolute atomic E-state index is 2.53. The minimum atomic E-state index is 0.900. The molecule has 1 rings (SSSR count). The lowest BCUT2D eigenvalue weighted by atomic mass is 10.0. The molecule has 0 spiro atoms. The number of hydrogen-bond acceptors (Lipinski definition) is 1. The summed E-state index contributed by atoms with van der Waals surface area (Å²) < 4.78 is 0. The van der Waals surface area contributed by atoms with Crippen molar-refractivity contribution in [3.8, 4) is 0 Å². The van der Waals surface area contributed by atoms with E-state index in [-0.39, 0.29) is 0 Å². The van der Waals surface area contributed by atoms with E-state index in [1.807, 2.05) is 0 Å². The van der Waals surface area contributed by atoms with Gasteiger partial charge in [0.15, 0.2) is 0 Å². The van der Waals surface area contributed by atoms with Crippen LogP contribution in [0.1, 0.15) is 40.0 Å². The Kier molecular flexibility index (Phi) is 2.94. The highest BCUT2D eigenvalue weighted by Gasteiger charge is 2.45. The second-order valence-corrected chi connectivity index (χ2v) is 3.90. The maximum atomic E-state index is 2.53. The Balaban J connectivity index is 2.28. The van der Waals surface area contributed by atoms with Crippen molar-refractivity contribution in [1.29, 1.82) is 0 Å². The van der Waals surface area contributed by atoms with Crippen LogP contribution < -0.4 is 0 Å². The minimum absolute atomic E-state index is 0.900. The molecule has 11 heavy (non-hydrogen) atoms. The standard InChI is InChI=1S/C10H21N/c1-5-7-9-10(11(9)4)8(3)6-2/h8-10H,5-7H2,1-4H3. The number of nitrogens with zero attached hydrogens (tertiary/aromatic N) is 1. The molecule has 0 amide bonds. The lowest BCUT2D eigenvalue weighted by Crippen LogP contribution is -2.06. The Morgan fingerprint density at radius 2 is 2.00 bits per heavy atom. The Morgan fingerprint density at radius 1 is 1.36 bits per heavy atom. The quantitative estimate of drug-likeness (QED) is 0.564. The molecule has 0 radical (unpaired) electrons. The zero-order chi connectivity index (χ0) is 8.43. The van der Waals surface area contributed by atoms with Gasteiger partial charge in [0, 0.05) is 12.1 Å². The Bertz CT molecular complexity index is 122. The van der Waals surface area contributed by atoms with E-state index in [1.165, 1.54) is 19.3 Å². The van der Waals surface area contributed by atoms with Crippen molar-refractivity contribution in [1.82, 2.24) is 4.90 Å². The van der Waals surface area contributed by atoms with Crippen LogP contribution in [0.3, 0.4) is 0 Å². The van der Waals surface area contributed by atoms with Crippen molar-refractivity contribution in [2.45, 2.75) is 52.1 Å². The van der Waals surface area contributed by atoms with Crippen LogP contribution >= 0.6 is 0 Å². The minimum Gasteiger partial charge on any atom is -0.297 e. The van der Waals surface area contributed by atoms with Crippen molar-refractivity contribution in [2.75, 3.05) is 7.05 Å². The second-order valence-electron chi connectivity index (χ2n) is 3.90. The van der Waals surface area contributed by atoms with Crippen LogP contribution in [0.15, 0.2) is 0 Å². The van der Waals surface area contributed by atoms with Crippen LogP contribution in [0.5, 0.6) is 0 Å². The fraction of sp³-hybridized carbons (Fsp3) is 1.00. The summed E-state index contributed by atoms with van der Waals surface area (Å²) in [6, 6.07) is 1.81. The molecule has 1 saturated heterocycles. The Hall–Kier alpha value is -0.0400. The molecule has 66 valence electrons. The van der Waals surface area contributed by atoms with E-state index >= 15 is 0 Å². The fourth-order valence-corrected chi connectivity index (χ4v) is 2.12. The first-order valence-electron chi connectivity index (χ1n) is 4.94. The molecule has 1 heteroatoms. The summed E-state index contributed by atoms with van der Waals surface area (Å²) in [7, 11) is 2.26. The van der Waals surface area contributed by atoms with Crippen LogP contribution in [-0.4, -0.2) is 24.0 Å². The fourth-order valence-electron chi connectivity index (χ4n) is 2.12. The molecule has 0 N–H and O–H groups in total. The van der Waals surface area contributed by atoms with E-state index in [1.54, 1.807) is 0 Å². The molecule has 4 unspecified atom stereocenters. The molecule has 0 aromatic rings. The van der Waals surface area contributed by atoms with Gasteiger partial charge in [0.05, 0.1) is 0 Å². The Labute approximate surface area is 70.8 Å². The van der Waals surface area contributed by atoms with Gasteiger partial charge in [-0.1, -0.05) is 33.6 Å². The summed E-state index contributed by atoms with van der Waals surface area (Å²) in [5, 5.41) is 0. The summed E-state index contributed by atoms with van der Waals surface area (Å²) in [5.74, 6) is 0.900. The molecule has 0 aromatic carbocycles.